The fourth-order valence-electron chi connectivity index (χ4n) is 1.26. The minimum absolute atomic E-state index is 0.160. The smallest absolute Gasteiger partial charge is 0.398 e. The Bertz CT molecular complexity index is 592. The van der Waals surface area contributed by atoms with Crippen LogP contribution in [0.2, 0.25) is 5.02 Å². The van der Waals surface area contributed by atoms with Gasteiger partial charge in [0.1, 0.15) is 0 Å². The summed E-state index contributed by atoms with van der Waals surface area (Å²) in [6.45, 7) is 0. The topological polar surface area (TPSA) is 82.8 Å². The first kappa shape index (κ1) is 13.8. The lowest BCUT2D eigenvalue weighted by molar-refractivity contribution is -0.146. The highest BCUT2D eigenvalue weighted by Gasteiger charge is 2.38. The van der Waals surface area contributed by atoms with Gasteiger partial charge in [0, 0.05) is 5.69 Å². The molecule has 0 bridgehead atoms. The van der Waals surface area contributed by atoms with E-state index in [-0.39, 0.29) is 5.16 Å². The second kappa shape index (κ2) is 4.82. The lowest BCUT2D eigenvalue weighted by Gasteiger charge is -2.08. The summed E-state index contributed by atoms with van der Waals surface area (Å²) in [4.78, 5) is 0.372. The van der Waals surface area contributed by atoms with Crippen LogP contribution in [0.3, 0.4) is 0 Å². The number of aromatic nitrogens is 3. The summed E-state index contributed by atoms with van der Waals surface area (Å²) in [5.74, 6) is 4.01. The number of nitrogens with two attached hydrogens (primary N) is 2. The van der Waals surface area contributed by atoms with E-state index in [4.69, 9.17) is 23.2 Å². The van der Waals surface area contributed by atoms with E-state index in [1.165, 1.54) is 0 Å². The lowest BCUT2D eigenvalue weighted by atomic mass is 10.3. The van der Waals surface area contributed by atoms with Crippen molar-refractivity contribution < 1.29 is 13.2 Å². The molecule has 1 heterocycles. The van der Waals surface area contributed by atoms with E-state index >= 15 is 0 Å². The molecule has 1 aromatic heterocycles. The molecule has 10 heteroatoms. The molecule has 2 aromatic rings. The van der Waals surface area contributed by atoms with E-state index in [0.717, 1.165) is 11.8 Å². The highest BCUT2D eigenvalue weighted by Crippen LogP contribution is 2.37. The molecule has 102 valence electrons. The Morgan fingerprint density at radius 2 is 1.95 bits per heavy atom. The van der Waals surface area contributed by atoms with Crippen molar-refractivity contribution in [2.45, 2.75) is 16.2 Å². The fraction of sp³-hybridized carbons (Fsp3) is 0.111. The summed E-state index contributed by atoms with van der Waals surface area (Å²) in [7, 11) is 0. The average Bonchev–Trinajstić information content (AvgIpc) is 2.65. The molecular weight excluding hydrogens is 303 g/mol. The summed E-state index contributed by atoms with van der Waals surface area (Å²) in [5, 5.41) is 6.51. The Morgan fingerprint density at radius 3 is 2.47 bits per heavy atom. The van der Waals surface area contributed by atoms with Gasteiger partial charge in [-0.05, 0) is 23.9 Å². The van der Waals surface area contributed by atoms with Crippen LogP contribution in [-0.4, -0.2) is 14.9 Å². The monoisotopic (exact) mass is 309 g/mol. The predicted octanol–water partition coefficient (Wildman–Crippen LogP) is 2.40. The molecule has 5 nitrogen and oxygen atoms in total. The first-order chi connectivity index (χ1) is 8.80. The van der Waals surface area contributed by atoms with Gasteiger partial charge in [-0.3, -0.25) is 0 Å². The molecule has 0 saturated heterocycles. The number of alkyl halides is 3. The van der Waals surface area contributed by atoms with Gasteiger partial charge < -0.3 is 11.6 Å². The van der Waals surface area contributed by atoms with E-state index < -0.39 is 12.0 Å². The van der Waals surface area contributed by atoms with Gasteiger partial charge in [0.05, 0.1) is 9.92 Å². The van der Waals surface area contributed by atoms with Gasteiger partial charge in [-0.25, -0.2) is 4.68 Å². The summed E-state index contributed by atoms with van der Waals surface area (Å²) in [5.41, 5.74) is 6.00. The third-order valence-electron chi connectivity index (χ3n) is 2.11. The van der Waals surface area contributed by atoms with Crippen molar-refractivity contribution in [3.63, 3.8) is 0 Å². The average molecular weight is 310 g/mol. The van der Waals surface area contributed by atoms with E-state index in [2.05, 4.69) is 10.2 Å². The first-order valence-corrected chi connectivity index (χ1v) is 5.99. The maximum atomic E-state index is 12.5. The Morgan fingerprint density at radius 1 is 1.26 bits per heavy atom. The molecule has 0 spiro atoms. The molecule has 1 aromatic carbocycles. The van der Waals surface area contributed by atoms with Crippen LogP contribution in [0.4, 0.5) is 18.9 Å². The van der Waals surface area contributed by atoms with Crippen LogP contribution in [0.25, 0.3) is 0 Å². The maximum absolute atomic E-state index is 12.5. The standard InChI is InChI=1S/C9H7ClF3N5S/c10-4-2-1-3-5(14)6(4)19-8-17-16-7(18(8)15)9(11,12)13/h1-3H,14-15H2. The second-order valence-electron chi connectivity index (χ2n) is 3.43. The molecule has 0 aliphatic heterocycles. The van der Waals surface area contributed by atoms with Crippen molar-refractivity contribution >= 4 is 29.1 Å². The zero-order valence-electron chi connectivity index (χ0n) is 9.15. The molecule has 0 saturated carbocycles. The zero-order chi connectivity index (χ0) is 14.2. The Kier molecular flexibility index (Phi) is 3.50. The zero-order valence-corrected chi connectivity index (χ0v) is 10.7. The molecule has 0 aliphatic carbocycles. The molecule has 0 unspecified atom stereocenters. The fourth-order valence-corrected chi connectivity index (χ4v) is 2.36. The van der Waals surface area contributed by atoms with Crippen LogP contribution < -0.4 is 11.6 Å². The lowest BCUT2D eigenvalue weighted by Crippen LogP contribution is -2.21. The van der Waals surface area contributed by atoms with Crippen LogP contribution in [0.15, 0.2) is 28.3 Å². The number of hydrogen-bond donors (Lipinski definition) is 2. The molecule has 0 radical (unpaired) electrons. The molecule has 19 heavy (non-hydrogen) atoms. The second-order valence-corrected chi connectivity index (χ2v) is 4.82. The minimum Gasteiger partial charge on any atom is -0.398 e. The van der Waals surface area contributed by atoms with Gasteiger partial charge >= 0.3 is 6.18 Å². The number of nitrogens with zero attached hydrogens (tertiary/aromatic N) is 3. The number of nitrogen functional groups attached to an aromatic ring is 2. The van der Waals surface area contributed by atoms with Crippen LogP contribution >= 0.6 is 23.4 Å². The van der Waals surface area contributed by atoms with E-state index in [1.807, 2.05) is 0 Å². The SMILES string of the molecule is Nc1cccc(Cl)c1Sc1nnc(C(F)(F)F)n1N. The van der Waals surface area contributed by atoms with Gasteiger partial charge in [-0.15, -0.1) is 10.2 Å². The van der Waals surface area contributed by atoms with Gasteiger partial charge in [-0.2, -0.15) is 13.2 Å². The summed E-state index contributed by atoms with van der Waals surface area (Å²) < 4.78 is 37.8. The quantitative estimate of drug-likeness (QED) is 0.657. The highest BCUT2D eigenvalue weighted by molar-refractivity contribution is 7.99. The van der Waals surface area contributed by atoms with Gasteiger partial charge in [0.25, 0.3) is 5.82 Å². The van der Waals surface area contributed by atoms with Crippen molar-refractivity contribution in [1.82, 2.24) is 14.9 Å². The normalized spacial score (nSPS) is 11.8. The van der Waals surface area contributed by atoms with E-state index in [9.17, 15) is 13.2 Å². The number of hydrogen-bond acceptors (Lipinski definition) is 5. The molecule has 0 aliphatic rings. The van der Waals surface area contributed by atoms with Gasteiger partial charge in [-0.1, -0.05) is 17.7 Å². The van der Waals surface area contributed by atoms with Crippen molar-refractivity contribution in [2.75, 3.05) is 11.6 Å². The minimum atomic E-state index is -4.67. The maximum Gasteiger partial charge on any atom is 0.453 e. The van der Waals surface area contributed by atoms with Crippen LogP contribution in [0.5, 0.6) is 0 Å². The number of rotatable bonds is 2. The Labute approximate surface area is 114 Å². The van der Waals surface area contributed by atoms with Gasteiger partial charge in [0.15, 0.2) is 0 Å². The summed E-state index contributed by atoms with van der Waals surface area (Å²) in [6.07, 6.45) is -4.67. The largest absolute Gasteiger partial charge is 0.453 e. The third-order valence-corrected chi connectivity index (χ3v) is 3.66. The summed E-state index contributed by atoms with van der Waals surface area (Å²) >= 11 is 6.72. The van der Waals surface area contributed by atoms with Crippen LogP contribution in [0, 0.1) is 0 Å². The van der Waals surface area contributed by atoms with E-state index in [1.54, 1.807) is 18.2 Å². The van der Waals surface area contributed by atoms with Gasteiger partial charge in [0.2, 0.25) is 5.16 Å². The summed E-state index contributed by atoms with van der Waals surface area (Å²) in [6, 6.07) is 4.74. The number of anilines is 1. The Balaban J connectivity index is 2.38. The van der Waals surface area contributed by atoms with Crippen molar-refractivity contribution in [2.24, 2.45) is 0 Å². The van der Waals surface area contributed by atoms with Crippen molar-refractivity contribution in [1.29, 1.82) is 0 Å². The number of halogens is 4. The first-order valence-electron chi connectivity index (χ1n) is 4.80. The van der Waals surface area contributed by atoms with Crippen molar-refractivity contribution in [3.05, 3.63) is 29.0 Å². The molecular formula is C9H7ClF3N5S. The molecule has 0 amide bonds. The molecule has 2 rings (SSSR count). The molecule has 0 fully saturated rings. The highest BCUT2D eigenvalue weighted by atomic mass is 35.5. The van der Waals surface area contributed by atoms with E-state index in [0.29, 0.717) is 20.3 Å². The number of benzene rings is 1. The van der Waals surface area contributed by atoms with Crippen molar-refractivity contribution in [3.8, 4) is 0 Å². The Hall–Kier alpha value is -1.61. The van der Waals surface area contributed by atoms with Crippen LogP contribution in [-0.2, 0) is 6.18 Å². The third kappa shape index (κ3) is 2.71. The predicted molar refractivity (Wildman–Crippen MR) is 65.2 cm³/mol. The molecule has 4 N–H and O–H groups in total. The molecule has 0 atom stereocenters. The van der Waals surface area contributed by atoms with Crippen LogP contribution in [0.1, 0.15) is 5.82 Å².